The standard InChI is InChI=1S/C20H38O5/c1-6-8-17-14(3)9-10-18(15(4)19(21)11-12-22-7-2)20(17)13-23-16(5)24-25-20/h14-19,21H,6-13H2,1-5H3/t14-,15?,16?,17?,18+,19?,20-/m1/s1. The van der Waals surface area contributed by atoms with Gasteiger partial charge in [-0.3, -0.25) is 0 Å². The maximum absolute atomic E-state index is 10.7. The smallest absolute Gasteiger partial charge is 0.188 e. The second-order valence-corrected chi connectivity index (χ2v) is 7.98. The Morgan fingerprint density at radius 2 is 2.00 bits per heavy atom. The van der Waals surface area contributed by atoms with E-state index in [2.05, 4.69) is 20.8 Å². The van der Waals surface area contributed by atoms with Crippen LogP contribution in [0.2, 0.25) is 0 Å². The van der Waals surface area contributed by atoms with Crippen molar-refractivity contribution in [2.24, 2.45) is 23.7 Å². The largest absolute Gasteiger partial charge is 0.393 e. The summed E-state index contributed by atoms with van der Waals surface area (Å²) in [6.07, 6.45) is 4.35. The van der Waals surface area contributed by atoms with E-state index in [9.17, 15) is 5.11 Å². The second kappa shape index (κ2) is 9.65. The zero-order chi connectivity index (χ0) is 18.4. The number of ether oxygens (including phenoxy) is 2. The van der Waals surface area contributed by atoms with E-state index < -0.39 is 11.7 Å². The topological polar surface area (TPSA) is 57.2 Å². The van der Waals surface area contributed by atoms with Crippen molar-refractivity contribution in [3.63, 3.8) is 0 Å². The minimum Gasteiger partial charge on any atom is -0.393 e. The van der Waals surface area contributed by atoms with Gasteiger partial charge in [0.05, 0.1) is 12.7 Å². The van der Waals surface area contributed by atoms with Gasteiger partial charge < -0.3 is 14.6 Å². The monoisotopic (exact) mass is 358 g/mol. The van der Waals surface area contributed by atoms with Gasteiger partial charge in [-0.05, 0) is 63.2 Å². The first kappa shape index (κ1) is 21.1. The van der Waals surface area contributed by atoms with E-state index in [1.807, 2.05) is 13.8 Å². The van der Waals surface area contributed by atoms with Crippen LogP contribution in [0.3, 0.4) is 0 Å². The lowest BCUT2D eigenvalue weighted by Gasteiger charge is -2.55. The molecule has 1 saturated heterocycles. The average molecular weight is 359 g/mol. The normalized spacial score (nSPS) is 38.6. The summed E-state index contributed by atoms with van der Waals surface area (Å²) in [5.41, 5.74) is -0.452. The quantitative estimate of drug-likeness (QED) is 0.526. The van der Waals surface area contributed by atoms with Crippen molar-refractivity contribution in [3.8, 4) is 0 Å². The molecule has 1 heterocycles. The van der Waals surface area contributed by atoms with Gasteiger partial charge in [0, 0.05) is 13.2 Å². The van der Waals surface area contributed by atoms with Crippen molar-refractivity contribution in [2.75, 3.05) is 19.8 Å². The Morgan fingerprint density at radius 3 is 2.60 bits per heavy atom. The third-order valence-corrected chi connectivity index (χ3v) is 6.36. The summed E-state index contributed by atoms with van der Waals surface area (Å²) in [5.74, 6) is 1.31. The molecule has 0 amide bonds. The predicted octanol–water partition coefficient (Wildman–Crippen LogP) is 3.94. The minimum atomic E-state index is -0.452. The molecule has 0 aromatic carbocycles. The first-order valence-electron chi connectivity index (χ1n) is 10.2. The van der Waals surface area contributed by atoms with Crippen LogP contribution in [0.15, 0.2) is 0 Å². The molecular formula is C20H38O5. The van der Waals surface area contributed by atoms with Crippen LogP contribution in [0.4, 0.5) is 0 Å². The van der Waals surface area contributed by atoms with Crippen LogP contribution in [0.1, 0.15) is 66.7 Å². The SMILES string of the molecule is CCCC1[C@H](C)CC[C@@H](C(C)C(O)CCOCC)[C@@]12COC(C)OO2. The third-order valence-electron chi connectivity index (χ3n) is 6.36. The van der Waals surface area contributed by atoms with E-state index in [-0.39, 0.29) is 18.1 Å². The lowest BCUT2D eigenvalue weighted by molar-refractivity contribution is -0.492. The summed E-state index contributed by atoms with van der Waals surface area (Å²) >= 11 is 0. The van der Waals surface area contributed by atoms with Crippen molar-refractivity contribution < 1.29 is 24.4 Å². The van der Waals surface area contributed by atoms with E-state index in [0.717, 1.165) is 19.3 Å². The average Bonchev–Trinajstić information content (AvgIpc) is 2.60. The third kappa shape index (κ3) is 4.75. The van der Waals surface area contributed by atoms with Gasteiger partial charge in [0.2, 0.25) is 0 Å². The fourth-order valence-electron chi connectivity index (χ4n) is 4.87. The van der Waals surface area contributed by atoms with Crippen LogP contribution in [-0.2, 0) is 19.2 Å². The number of aliphatic hydroxyl groups excluding tert-OH is 1. The fourth-order valence-corrected chi connectivity index (χ4v) is 4.87. The Labute approximate surface area is 153 Å². The molecule has 4 unspecified atom stereocenters. The van der Waals surface area contributed by atoms with Gasteiger partial charge in [-0.1, -0.05) is 27.2 Å². The molecule has 1 N–H and O–H groups in total. The highest BCUT2D eigenvalue weighted by atomic mass is 17.2. The molecule has 2 rings (SSSR count). The molecule has 7 atom stereocenters. The van der Waals surface area contributed by atoms with Crippen LogP contribution in [0.25, 0.3) is 0 Å². The molecule has 1 spiro atoms. The van der Waals surface area contributed by atoms with Gasteiger partial charge in [-0.2, -0.15) is 0 Å². The molecule has 5 nitrogen and oxygen atoms in total. The van der Waals surface area contributed by atoms with Crippen molar-refractivity contribution in [3.05, 3.63) is 0 Å². The highest BCUT2D eigenvalue weighted by Gasteiger charge is 2.56. The number of aliphatic hydroxyl groups is 1. The molecule has 2 fully saturated rings. The van der Waals surface area contributed by atoms with Crippen LogP contribution in [0.5, 0.6) is 0 Å². The number of rotatable bonds is 8. The molecule has 25 heavy (non-hydrogen) atoms. The fraction of sp³-hybridized carbons (Fsp3) is 1.00. The Hall–Kier alpha value is -0.200. The predicted molar refractivity (Wildman–Crippen MR) is 96.9 cm³/mol. The van der Waals surface area contributed by atoms with Gasteiger partial charge in [0.1, 0.15) is 5.60 Å². The van der Waals surface area contributed by atoms with Gasteiger partial charge in [0.15, 0.2) is 6.29 Å². The maximum Gasteiger partial charge on any atom is 0.188 e. The molecule has 1 aliphatic heterocycles. The summed E-state index contributed by atoms with van der Waals surface area (Å²) in [5, 5.41) is 10.7. The Bertz CT molecular complexity index is 380. The first-order chi connectivity index (χ1) is 12.0. The van der Waals surface area contributed by atoms with Crippen molar-refractivity contribution >= 4 is 0 Å². The molecule has 0 bridgehead atoms. The maximum atomic E-state index is 10.7. The minimum absolute atomic E-state index is 0.118. The molecule has 148 valence electrons. The van der Waals surface area contributed by atoms with Gasteiger partial charge >= 0.3 is 0 Å². The molecule has 0 aromatic rings. The molecular weight excluding hydrogens is 320 g/mol. The van der Waals surface area contributed by atoms with Crippen LogP contribution >= 0.6 is 0 Å². The van der Waals surface area contributed by atoms with E-state index in [1.54, 1.807) is 0 Å². The van der Waals surface area contributed by atoms with Gasteiger partial charge in [0.25, 0.3) is 0 Å². The van der Waals surface area contributed by atoms with Crippen LogP contribution < -0.4 is 0 Å². The first-order valence-corrected chi connectivity index (χ1v) is 10.2. The summed E-state index contributed by atoms with van der Waals surface area (Å²) in [4.78, 5) is 11.6. The molecule has 0 radical (unpaired) electrons. The van der Waals surface area contributed by atoms with Crippen molar-refractivity contribution in [1.29, 1.82) is 0 Å². The second-order valence-electron chi connectivity index (χ2n) is 7.98. The number of hydrogen-bond donors (Lipinski definition) is 1. The van der Waals surface area contributed by atoms with E-state index in [0.29, 0.717) is 38.1 Å². The number of hydrogen-bond acceptors (Lipinski definition) is 5. The van der Waals surface area contributed by atoms with Crippen molar-refractivity contribution in [1.82, 2.24) is 0 Å². The van der Waals surface area contributed by atoms with E-state index in [4.69, 9.17) is 19.2 Å². The Morgan fingerprint density at radius 1 is 1.24 bits per heavy atom. The lowest BCUT2D eigenvalue weighted by Crippen LogP contribution is -2.61. The lowest BCUT2D eigenvalue weighted by atomic mass is 9.59. The van der Waals surface area contributed by atoms with Gasteiger partial charge in [-0.25, -0.2) is 9.78 Å². The molecule has 1 aliphatic carbocycles. The van der Waals surface area contributed by atoms with Crippen LogP contribution in [-0.4, -0.2) is 42.9 Å². The van der Waals surface area contributed by atoms with Gasteiger partial charge in [-0.15, -0.1) is 0 Å². The molecule has 2 aliphatic rings. The summed E-state index contributed by atoms with van der Waals surface area (Å²) < 4.78 is 11.3. The molecule has 5 heteroatoms. The van der Waals surface area contributed by atoms with E-state index >= 15 is 0 Å². The zero-order valence-corrected chi connectivity index (χ0v) is 16.7. The van der Waals surface area contributed by atoms with Crippen LogP contribution in [0, 0.1) is 23.7 Å². The Balaban J connectivity index is 2.18. The summed E-state index contributed by atoms with van der Waals surface area (Å²) in [6.45, 7) is 12.4. The highest BCUT2D eigenvalue weighted by Crippen LogP contribution is 2.51. The highest BCUT2D eigenvalue weighted by molar-refractivity contribution is 5.02. The summed E-state index contributed by atoms with van der Waals surface area (Å²) in [6, 6.07) is 0. The van der Waals surface area contributed by atoms with Crippen molar-refractivity contribution in [2.45, 2.75) is 84.7 Å². The summed E-state index contributed by atoms with van der Waals surface area (Å²) in [7, 11) is 0. The molecule has 1 saturated carbocycles. The molecule has 0 aromatic heterocycles. The Kier molecular flexibility index (Phi) is 8.15. The van der Waals surface area contributed by atoms with E-state index in [1.165, 1.54) is 6.42 Å². The zero-order valence-electron chi connectivity index (χ0n) is 16.7.